The van der Waals surface area contributed by atoms with Crippen LogP contribution in [0.2, 0.25) is 0 Å². The third kappa shape index (κ3) is 1.43. The van der Waals surface area contributed by atoms with Crippen molar-refractivity contribution in [2.24, 2.45) is 5.92 Å². The molecule has 5 heteroatoms. The Hall–Kier alpha value is -1.96. The number of hydrogen-bond donors (Lipinski definition) is 0. The number of nitriles is 1. The molecule has 0 spiro atoms. The molecule has 0 amide bonds. The summed E-state index contributed by atoms with van der Waals surface area (Å²) < 4.78 is 1.89. The molecule has 2 heterocycles. The minimum Gasteiger partial charge on any atom is -0.247 e. The number of aromatic nitrogens is 4. The zero-order chi connectivity index (χ0) is 11.0. The summed E-state index contributed by atoms with van der Waals surface area (Å²) in [5.41, 5.74) is 0.776. The fourth-order valence-corrected chi connectivity index (χ4v) is 1.97. The third-order valence-electron chi connectivity index (χ3n) is 3.13. The van der Waals surface area contributed by atoms with Crippen molar-refractivity contribution in [3.8, 4) is 6.07 Å². The molecule has 0 atom stereocenters. The van der Waals surface area contributed by atoms with E-state index in [9.17, 15) is 0 Å². The Labute approximate surface area is 92.7 Å². The minimum atomic E-state index is 0.211. The molecule has 0 aliphatic heterocycles. The van der Waals surface area contributed by atoms with Gasteiger partial charge in [-0.15, -0.1) is 0 Å². The van der Waals surface area contributed by atoms with Gasteiger partial charge in [-0.05, 0) is 18.8 Å². The predicted molar refractivity (Wildman–Crippen MR) is 57.4 cm³/mol. The zero-order valence-corrected chi connectivity index (χ0v) is 8.80. The molecule has 1 aliphatic carbocycles. The van der Waals surface area contributed by atoms with Crippen LogP contribution in [0.5, 0.6) is 0 Å². The third-order valence-corrected chi connectivity index (χ3v) is 3.13. The van der Waals surface area contributed by atoms with Gasteiger partial charge in [0, 0.05) is 12.7 Å². The average molecular weight is 213 g/mol. The Morgan fingerprint density at radius 2 is 2.31 bits per heavy atom. The van der Waals surface area contributed by atoms with Crippen molar-refractivity contribution in [3.05, 3.63) is 18.2 Å². The largest absolute Gasteiger partial charge is 0.247 e. The lowest BCUT2D eigenvalue weighted by atomic mass is 9.85. The van der Waals surface area contributed by atoms with Crippen molar-refractivity contribution in [1.29, 1.82) is 5.26 Å². The van der Waals surface area contributed by atoms with Crippen LogP contribution in [0.15, 0.2) is 12.4 Å². The highest BCUT2D eigenvalue weighted by atomic mass is 15.3. The van der Waals surface area contributed by atoms with Gasteiger partial charge in [0.05, 0.1) is 11.6 Å². The molecule has 0 bridgehead atoms. The molecule has 1 saturated carbocycles. The van der Waals surface area contributed by atoms with E-state index in [0.717, 1.165) is 23.5 Å². The van der Waals surface area contributed by atoms with Crippen molar-refractivity contribution in [1.82, 2.24) is 19.7 Å². The van der Waals surface area contributed by atoms with Crippen LogP contribution in [-0.4, -0.2) is 19.7 Å². The van der Waals surface area contributed by atoms with Gasteiger partial charge in [0.25, 0.3) is 0 Å². The van der Waals surface area contributed by atoms with E-state index in [-0.39, 0.29) is 5.82 Å². The Balaban J connectivity index is 2.00. The lowest BCUT2D eigenvalue weighted by molar-refractivity contribution is 0.269. The molecule has 1 fully saturated rings. The fourth-order valence-electron chi connectivity index (χ4n) is 1.97. The second-order valence-corrected chi connectivity index (χ2v) is 4.21. The van der Waals surface area contributed by atoms with Crippen molar-refractivity contribution >= 4 is 11.0 Å². The Morgan fingerprint density at radius 1 is 1.44 bits per heavy atom. The summed E-state index contributed by atoms with van der Waals surface area (Å²) in [6.45, 7) is 0.908. The number of fused-ring (bicyclic) bond motifs is 1. The van der Waals surface area contributed by atoms with Gasteiger partial charge in [0.15, 0.2) is 5.65 Å². The van der Waals surface area contributed by atoms with E-state index in [4.69, 9.17) is 5.26 Å². The van der Waals surface area contributed by atoms with E-state index in [0.29, 0.717) is 0 Å². The lowest BCUT2D eigenvalue weighted by Crippen LogP contribution is -2.19. The van der Waals surface area contributed by atoms with Crippen molar-refractivity contribution in [2.75, 3.05) is 0 Å². The number of rotatable bonds is 2. The zero-order valence-electron chi connectivity index (χ0n) is 8.80. The molecule has 2 aromatic heterocycles. The van der Waals surface area contributed by atoms with E-state index in [1.165, 1.54) is 19.3 Å². The van der Waals surface area contributed by atoms with E-state index in [1.54, 1.807) is 12.4 Å². The monoisotopic (exact) mass is 213 g/mol. The summed E-state index contributed by atoms with van der Waals surface area (Å²) in [4.78, 5) is 8.12. The first-order valence-corrected chi connectivity index (χ1v) is 5.45. The van der Waals surface area contributed by atoms with Crippen molar-refractivity contribution in [2.45, 2.75) is 25.8 Å². The standard InChI is InChI=1S/C11H11N5/c12-4-10-13-5-9-6-14-16(11(9)15-10)7-8-2-1-3-8/h5-6,8H,1-3,7H2. The second kappa shape index (κ2) is 3.56. The maximum Gasteiger partial charge on any atom is 0.234 e. The van der Waals surface area contributed by atoms with Gasteiger partial charge >= 0.3 is 0 Å². The molecule has 2 aromatic rings. The summed E-state index contributed by atoms with van der Waals surface area (Å²) in [7, 11) is 0. The molecule has 0 N–H and O–H groups in total. The molecule has 0 unspecified atom stereocenters. The highest BCUT2D eigenvalue weighted by Crippen LogP contribution is 2.28. The van der Waals surface area contributed by atoms with E-state index in [2.05, 4.69) is 15.1 Å². The van der Waals surface area contributed by atoms with Gasteiger partial charge < -0.3 is 0 Å². The van der Waals surface area contributed by atoms with E-state index in [1.807, 2.05) is 10.8 Å². The summed E-state index contributed by atoms with van der Waals surface area (Å²) in [6.07, 6.45) is 7.29. The van der Waals surface area contributed by atoms with E-state index >= 15 is 0 Å². The molecule has 16 heavy (non-hydrogen) atoms. The normalized spacial score (nSPS) is 15.9. The summed E-state index contributed by atoms with van der Waals surface area (Å²) in [5, 5.41) is 14.0. The summed E-state index contributed by atoms with van der Waals surface area (Å²) in [6, 6.07) is 1.95. The lowest BCUT2D eigenvalue weighted by Gasteiger charge is -2.24. The van der Waals surface area contributed by atoms with Crippen LogP contribution in [0.1, 0.15) is 25.1 Å². The van der Waals surface area contributed by atoms with Crippen LogP contribution in [-0.2, 0) is 6.54 Å². The van der Waals surface area contributed by atoms with Crippen molar-refractivity contribution < 1.29 is 0 Å². The predicted octanol–water partition coefficient (Wildman–Crippen LogP) is 1.50. The summed E-state index contributed by atoms with van der Waals surface area (Å²) in [5.74, 6) is 0.937. The molecule has 1 aliphatic rings. The van der Waals surface area contributed by atoms with Crippen LogP contribution >= 0.6 is 0 Å². The van der Waals surface area contributed by atoms with Crippen LogP contribution < -0.4 is 0 Å². The Bertz CT molecular complexity index is 561. The molecular weight excluding hydrogens is 202 g/mol. The van der Waals surface area contributed by atoms with Crippen LogP contribution in [0.25, 0.3) is 11.0 Å². The average Bonchev–Trinajstić information content (AvgIpc) is 2.65. The van der Waals surface area contributed by atoms with Gasteiger partial charge in [-0.2, -0.15) is 15.3 Å². The molecule has 5 nitrogen and oxygen atoms in total. The Morgan fingerprint density at radius 3 is 3.00 bits per heavy atom. The highest BCUT2D eigenvalue weighted by Gasteiger charge is 2.19. The summed E-state index contributed by atoms with van der Waals surface area (Å²) >= 11 is 0. The second-order valence-electron chi connectivity index (χ2n) is 4.21. The van der Waals surface area contributed by atoms with E-state index < -0.39 is 0 Å². The molecule has 0 radical (unpaired) electrons. The quantitative estimate of drug-likeness (QED) is 0.758. The number of nitrogens with zero attached hydrogens (tertiary/aromatic N) is 5. The molecule has 0 aromatic carbocycles. The smallest absolute Gasteiger partial charge is 0.234 e. The van der Waals surface area contributed by atoms with Gasteiger partial charge in [-0.3, -0.25) is 0 Å². The highest BCUT2D eigenvalue weighted by molar-refractivity contribution is 5.73. The molecule has 80 valence electrons. The maximum absolute atomic E-state index is 8.76. The molecule has 3 rings (SSSR count). The SMILES string of the molecule is N#Cc1ncc2cnn(CC3CCC3)c2n1. The Kier molecular flexibility index (Phi) is 2.07. The number of hydrogen-bond acceptors (Lipinski definition) is 4. The van der Waals surface area contributed by atoms with Crippen LogP contribution in [0, 0.1) is 17.2 Å². The topological polar surface area (TPSA) is 67.4 Å². The van der Waals surface area contributed by atoms with Gasteiger partial charge in [-0.1, -0.05) is 6.42 Å². The minimum absolute atomic E-state index is 0.211. The first-order valence-electron chi connectivity index (χ1n) is 5.45. The van der Waals surface area contributed by atoms with Gasteiger partial charge in [-0.25, -0.2) is 9.67 Å². The first kappa shape index (κ1) is 9.28. The van der Waals surface area contributed by atoms with Crippen molar-refractivity contribution in [3.63, 3.8) is 0 Å². The molecule has 0 saturated heterocycles. The molecular formula is C11H11N5. The first-order chi connectivity index (χ1) is 7.86. The van der Waals surface area contributed by atoms with Crippen LogP contribution in [0.3, 0.4) is 0 Å². The van der Waals surface area contributed by atoms with Gasteiger partial charge in [0.2, 0.25) is 5.82 Å². The maximum atomic E-state index is 8.76. The van der Waals surface area contributed by atoms with Crippen LogP contribution in [0.4, 0.5) is 0 Å². The fraction of sp³-hybridized carbons (Fsp3) is 0.455. The van der Waals surface area contributed by atoms with Gasteiger partial charge in [0.1, 0.15) is 6.07 Å².